The highest BCUT2D eigenvalue weighted by molar-refractivity contribution is 5.95. The van der Waals surface area contributed by atoms with Gasteiger partial charge in [-0.05, 0) is 13.3 Å². The standard InChI is InChI=1S/C14H21N5O/c1-4-12(9-15)18-5-7-19(8-6-18)14(20)13-10-16-17(3)11(13)2/h10,12H,4-8H2,1-3H3. The first kappa shape index (κ1) is 14.5. The molecule has 0 saturated carbocycles. The second-order valence-corrected chi connectivity index (χ2v) is 5.15. The van der Waals surface area contributed by atoms with Crippen LogP contribution in [0, 0.1) is 18.3 Å². The Hall–Kier alpha value is -1.87. The lowest BCUT2D eigenvalue weighted by Crippen LogP contribution is -2.51. The Morgan fingerprint density at radius 3 is 2.55 bits per heavy atom. The summed E-state index contributed by atoms with van der Waals surface area (Å²) in [6.45, 7) is 6.79. The highest BCUT2D eigenvalue weighted by atomic mass is 16.2. The van der Waals surface area contributed by atoms with Crippen molar-refractivity contribution in [3.8, 4) is 6.07 Å². The molecular weight excluding hydrogens is 254 g/mol. The number of piperazine rings is 1. The van der Waals surface area contributed by atoms with E-state index in [2.05, 4.69) is 16.1 Å². The maximum absolute atomic E-state index is 12.4. The Kier molecular flexibility index (Phi) is 4.40. The van der Waals surface area contributed by atoms with Gasteiger partial charge in [0, 0.05) is 38.9 Å². The van der Waals surface area contributed by atoms with Crippen LogP contribution in [0.1, 0.15) is 29.4 Å². The summed E-state index contributed by atoms with van der Waals surface area (Å²) >= 11 is 0. The van der Waals surface area contributed by atoms with E-state index in [0.29, 0.717) is 18.7 Å². The molecule has 2 rings (SSSR count). The Labute approximate surface area is 119 Å². The van der Waals surface area contributed by atoms with Crippen molar-refractivity contribution in [1.82, 2.24) is 19.6 Å². The predicted octanol–water partition coefficient (Wildman–Crippen LogP) is 0.788. The van der Waals surface area contributed by atoms with Crippen LogP contribution >= 0.6 is 0 Å². The van der Waals surface area contributed by atoms with Gasteiger partial charge in [-0.2, -0.15) is 10.4 Å². The summed E-state index contributed by atoms with van der Waals surface area (Å²) in [5, 5.41) is 13.2. The molecule has 0 spiro atoms. The summed E-state index contributed by atoms with van der Waals surface area (Å²) in [5.41, 5.74) is 1.56. The molecule has 1 unspecified atom stereocenters. The number of amides is 1. The van der Waals surface area contributed by atoms with Crippen LogP contribution in [0.3, 0.4) is 0 Å². The van der Waals surface area contributed by atoms with Crippen LogP contribution in [0.5, 0.6) is 0 Å². The third-order valence-electron chi connectivity index (χ3n) is 4.04. The van der Waals surface area contributed by atoms with Gasteiger partial charge < -0.3 is 4.90 Å². The van der Waals surface area contributed by atoms with Crippen LogP contribution in [-0.2, 0) is 7.05 Å². The molecule has 0 N–H and O–H groups in total. The molecule has 1 aliphatic heterocycles. The van der Waals surface area contributed by atoms with Crippen molar-refractivity contribution in [2.45, 2.75) is 26.3 Å². The van der Waals surface area contributed by atoms with Crippen molar-refractivity contribution < 1.29 is 4.79 Å². The van der Waals surface area contributed by atoms with Crippen LogP contribution in [0.4, 0.5) is 0 Å². The number of aromatic nitrogens is 2. The van der Waals surface area contributed by atoms with Gasteiger partial charge in [-0.3, -0.25) is 14.4 Å². The fourth-order valence-electron chi connectivity index (χ4n) is 2.55. The maximum atomic E-state index is 12.4. The lowest BCUT2D eigenvalue weighted by molar-refractivity contribution is 0.0603. The molecule has 1 aromatic rings. The van der Waals surface area contributed by atoms with Gasteiger partial charge in [-0.1, -0.05) is 6.92 Å². The average molecular weight is 275 g/mol. The first-order valence-corrected chi connectivity index (χ1v) is 7.00. The molecule has 6 nitrogen and oxygen atoms in total. The molecule has 6 heteroatoms. The third-order valence-corrected chi connectivity index (χ3v) is 4.04. The monoisotopic (exact) mass is 275 g/mol. The van der Waals surface area contributed by atoms with Gasteiger partial charge in [0.15, 0.2) is 0 Å². The Balaban J connectivity index is 1.99. The number of hydrogen-bond donors (Lipinski definition) is 0. The van der Waals surface area contributed by atoms with Crippen LogP contribution in [0.15, 0.2) is 6.20 Å². The molecule has 1 saturated heterocycles. The smallest absolute Gasteiger partial charge is 0.257 e. The van der Waals surface area contributed by atoms with Crippen molar-refractivity contribution in [3.05, 3.63) is 17.5 Å². The number of carbonyl (C=O) groups is 1. The topological polar surface area (TPSA) is 65.2 Å². The van der Waals surface area contributed by atoms with E-state index in [1.165, 1.54) is 0 Å². The van der Waals surface area contributed by atoms with E-state index < -0.39 is 0 Å². The van der Waals surface area contributed by atoms with E-state index in [1.807, 2.05) is 25.8 Å². The quantitative estimate of drug-likeness (QED) is 0.818. The molecular formula is C14H21N5O. The summed E-state index contributed by atoms with van der Waals surface area (Å²) in [5.74, 6) is 0.0419. The lowest BCUT2D eigenvalue weighted by Gasteiger charge is -2.36. The summed E-state index contributed by atoms with van der Waals surface area (Å²) in [6, 6.07) is 2.28. The molecule has 1 amide bonds. The Bertz CT molecular complexity index is 522. The van der Waals surface area contributed by atoms with E-state index in [-0.39, 0.29) is 11.9 Å². The van der Waals surface area contributed by atoms with E-state index in [0.717, 1.165) is 25.2 Å². The van der Waals surface area contributed by atoms with Gasteiger partial charge in [0.1, 0.15) is 0 Å². The fourth-order valence-corrected chi connectivity index (χ4v) is 2.55. The van der Waals surface area contributed by atoms with E-state index >= 15 is 0 Å². The molecule has 1 fully saturated rings. The van der Waals surface area contributed by atoms with Crippen molar-refractivity contribution in [2.24, 2.45) is 7.05 Å². The summed E-state index contributed by atoms with van der Waals surface area (Å²) in [4.78, 5) is 16.4. The first-order valence-electron chi connectivity index (χ1n) is 7.00. The zero-order chi connectivity index (χ0) is 14.7. The minimum absolute atomic E-state index is 0.0348. The van der Waals surface area contributed by atoms with Gasteiger partial charge in [-0.25, -0.2) is 0 Å². The van der Waals surface area contributed by atoms with Crippen LogP contribution < -0.4 is 0 Å². The Morgan fingerprint density at radius 1 is 1.45 bits per heavy atom. The van der Waals surface area contributed by atoms with Crippen molar-refractivity contribution in [1.29, 1.82) is 5.26 Å². The number of carbonyl (C=O) groups excluding carboxylic acids is 1. The number of hydrogen-bond acceptors (Lipinski definition) is 4. The predicted molar refractivity (Wildman–Crippen MR) is 75.1 cm³/mol. The molecule has 1 aliphatic rings. The molecule has 2 heterocycles. The van der Waals surface area contributed by atoms with Crippen molar-refractivity contribution in [2.75, 3.05) is 26.2 Å². The van der Waals surface area contributed by atoms with Gasteiger partial charge in [-0.15, -0.1) is 0 Å². The number of nitriles is 1. The van der Waals surface area contributed by atoms with E-state index in [4.69, 9.17) is 5.26 Å². The normalized spacial score (nSPS) is 17.8. The molecule has 20 heavy (non-hydrogen) atoms. The number of aryl methyl sites for hydroxylation is 1. The number of rotatable bonds is 3. The van der Waals surface area contributed by atoms with Gasteiger partial charge >= 0.3 is 0 Å². The second-order valence-electron chi connectivity index (χ2n) is 5.15. The first-order chi connectivity index (χ1) is 9.58. The second kappa shape index (κ2) is 6.06. The molecule has 0 radical (unpaired) electrons. The zero-order valence-electron chi connectivity index (χ0n) is 12.3. The maximum Gasteiger partial charge on any atom is 0.257 e. The molecule has 0 aliphatic carbocycles. The minimum atomic E-state index is -0.0348. The van der Waals surface area contributed by atoms with Crippen LogP contribution in [0.2, 0.25) is 0 Å². The van der Waals surface area contributed by atoms with Crippen molar-refractivity contribution in [3.63, 3.8) is 0 Å². The highest BCUT2D eigenvalue weighted by Crippen LogP contribution is 2.14. The Morgan fingerprint density at radius 2 is 2.10 bits per heavy atom. The van der Waals surface area contributed by atoms with E-state index in [9.17, 15) is 4.79 Å². The minimum Gasteiger partial charge on any atom is -0.336 e. The third kappa shape index (κ3) is 2.68. The number of nitrogens with zero attached hydrogens (tertiary/aromatic N) is 5. The van der Waals surface area contributed by atoms with Gasteiger partial charge in [0.05, 0.1) is 23.9 Å². The SMILES string of the molecule is CCC(C#N)N1CCN(C(=O)c2cnn(C)c2C)CC1. The lowest BCUT2D eigenvalue weighted by atomic mass is 10.1. The zero-order valence-corrected chi connectivity index (χ0v) is 12.3. The van der Waals surface area contributed by atoms with Crippen LogP contribution in [0.25, 0.3) is 0 Å². The fraction of sp³-hybridized carbons (Fsp3) is 0.643. The van der Waals surface area contributed by atoms with Gasteiger partial charge in [0.2, 0.25) is 0 Å². The molecule has 0 aromatic carbocycles. The summed E-state index contributed by atoms with van der Waals surface area (Å²) in [6.07, 6.45) is 2.46. The molecule has 1 atom stereocenters. The molecule has 0 bridgehead atoms. The summed E-state index contributed by atoms with van der Waals surface area (Å²) in [7, 11) is 1.84. The average Bonchev–Trinajstić information content (AvgIpc) is 2.80. The largest absolute Gasteiger partial charge is 0.336 e. The van der Waals surface area contributed by atoms with Crippen LogP contribution in [-0.4, -0.2) is 57.7 Å². The van der Waals surface area contributed by atoms with Gasteiger partial charge in [0.25, 0.3) is 5.91 Å². The van der Waals surface area contributed by atoms with Crippen molar-refractivity contribution >= 4 is 5.91 Å². The highest BCUT2D eigenvalue weighted by Gasteiger charge is 2.27. The molecule has 1 aromatic heterocycles. The molecule has 108 valence electrons. The summed E-state index contributed by atoms with van der Waals surface area (Å²) < 4.78 is 1.71. The van der Waals surface area contributed by atoms with E-state index in [1.54, 1.807) is 10.9 Å².